The number of hydrogen-bond acceptors (Lipinski definition) is 3. The molecule has 4 aromatic rings. The molecule has 5 heteroatoms. The van der Waals surface area contributed by atoms with Gasteiger partial charge >= 0.3 is 11.9 Å². The number of carbonyl (C=O) groups excluding carboxylic acids is 1. The van der Waals surface area contributed by atoms with Crippen molar-refractivity contribution in [3.8, 4) is 0 Å². The average Bonchev–Trinajstić information content (AvgIpc) is 3.06. The van der Waals surface area contributed by atoms with Crippen LogP contribution in [0.1, 0.15) is 73.4 Å². The molecule has 2 aromatic heterocycles. The summed E-state index contributed by atoms with van der Waals surface area (Å²) in [5.74, 6) is -1.21. The highest BCUT2D eigenvalue weighted by Crippen LogP contribution is 2.39. The molecule has 4 rings (SSSR count). The minimum Gasteiger partial charge on any atom is -0.478 e. The summed E-state index contributed by atoms with van der Waals surface area (Å²) in [7, 11) is 0. The molecule has 0 aliphatic rings. The number of nitrogens with zero attached hydrogens (tertiary/aromatic N) is 1. The number of aromatic carboxylic acids is 1. The maximum absolute atomic E-state index is 13.3. The molecular weight excluding hydrogens is 390 g/mol. The van der Waals surface area contributed by atoms with Crippen LogP contribution in [0.4, 0.5) is 0 Å². The maximum Gasteiger partial charge on any atom is 0.355 e. The van der Waals surface area contributed by atoms with Crippen molar-refractivity contribution in [3.05, 3.63) is 65.4 Å². The minimum atomic E-state index is -0.999. The summed E-state index contributed by atoms with van der Waals surface area (Å²) in [6, 6.07) is 15.0. The van der Waals surface area contributed by atoms with E-state index < -0.39 is 17.5 Å². The predicted octanol–water partition coefficient (Wildman–Crippen LogP) is 6.41. The van der Waals surface area contributed by atoms with E-state index in [4.69, 9.17) is 4.74 Å². The lowest BCUT2D eigenvalue weighted by Crippen LogP contribution is -2.25. The van der Waals surface area contributed by atoms with E-state index >= 15 is 0 Å². The summed E-state index contributed by atoms with van der Waals surface area (Å²) in [6.07, 6.45) is 0.917. The van der Waals surface area contributed by atoms with Crippen LogP contribution >= 0.6 is 0 Å². The first-order valence-electron chi connectivity index (χ1n) is 10.6. The van der Waals surface area contributed by atoms with Crippen LogP contribution in [-0.4, -0.2) is 27.0 Å². The minimum absolute atomic E-state index is 0.186. The monoisotopic (exact) mass is 417 g/mol. The molecule has 0 saturated carbocycles. The second-order valence-corrected chi connectivity index (χ2v) is 9.06. The Hall–Kier alpha value is -3.34. The third-order valence-corrected chi connectivity index (χ3v) is 5.72. The summed E-state index contributed by atoms with van der Waals surface area (Å²) in [4.78, 5) is 25.0. The van der Waals surface area contributed by atoms with Crippen molar-refractivity contribution in [2.75, 3.05) is 0 Å². The van der Waals surface area contributed by atoms with Gasteiger partial charge in [-0.15, -0.1) is 0 Å². The molecule has 160 valence electrons. The highest BCUT2D eigenvalue weighted by atomic mass is 16.6. The van der Waals surface area contributed by atoms with E-state index in [2.05, 4.69) is 13.8 Å². The number of ether oxygens (including phenoxy) is 1. The standard InChI is InChI=1S/C26H27NO4/c1-6-15(2)22-19-12-11-17(24(28)29)14-20(19)27-21(25(30)31-26(3,4)5)13-16-9-7-8-10-18(16)23(22)27/h7-15H,6H2,1-5H3,(H,28,29). The molecule has 0 spiro atoms. The number of esters is 1. The Balaban J connectivity index is 2.23. The second-order valence-electron chi connectivity index (χ2n) is 9.06. The van der Waals surface area contributed by atoms with Crippen molar-refractivity contribution < 1.29 is 19.4 Å². The van der Waals surface area contributed by atoms with Gasteiger partial charge in [0.15, 0.2) is 0 Å². The number of carbonyl (C=O) groups is 2. The van der Waals surface area contributed by atoms with Gasteiger partial charge in [0.25, 0.3) is 0 Å². The third-order valence-electron chi connectivity index (χ3n) is 5.72. The van der Waals surface area contributed by atoms with Crippen LogP contribution in [-0.2, 0) is 4.74 Å². The van der Waals surface area contributed by atoms with Gasteiger partial charge < -0.3 is 14.2 Å². The number of aromatic nitrogens is 1. The molecular formula is C26H27NO4. The van der Waals surface area contributed by atoms with Crippen molar-refractivity contribution in [1.82, 2.24) is 4.40 Å². The molecule has 0 bridgehead atoms. The highest BCUT2D eigenvalue weighted by Gasteiger charge is 2.26. The fourth-order valence-corrected chi connectivity index (χ4v) is 4.20. The maximum atomic E-state index is 13.3. The first-order chi connectivity index (χ1) is 14.6. The van der Waals surface area contributed by atoms with Crippen LogP contribution in [0.3, 0.4) is 0 Å². The van der Waals surface area contributed by atoms with Gasteiger partial charge in [0, 0.05) is 10.8 Å². The molecule has 2 heterocycles. The van der Waals surface area contributed by atoms with E-state index in [-0.39, 0.29) is 11.5 Å². The van der Waals surface area contributed by atoms with Gasteiger partial charge in [-0.05, 0) is 62.3 Å². The van der Waals surface area contributed by atoms with Gasteiger partial charge in [0.05, 0.1) is 16.6 Å². The first kappa shape index (κ1) is 20.9. The summed E-state index contributed by atoms with van der Waals surface area (Å²) < 4.78 is 7.62. The zero-order valence-electron chi connectivity index (χ0n) is 18.5. The number of benzene rings is 2. The molecule has 1 atom stereocenters. The smallest absolute Gasteiger partial charge is 0.355 e. The Morgan fingerprint density at radius 3 is 2.42 bits per heavy atom. The number of pyridine rings is 1. The topological polar surface area (TPSA) is 68.0 Å². The normalized spacial score (nSPS) is 13.1. The second kappa shape index (κ2) is 7.41. The van der Waals surface area contributed by atoms with Crippen molar-refractivity contribution in [3.63, 3.8) is 0 Å². The first-order valence-corrected chi connectivity index (χ1v) is 10.6. The van der Waals surface area contributed by atoms with Crippen LogP contribution in [0.15, 0.2) is 48.5 Å². The molecule has 1 unspecified atom stereocenters. The van der Waals surface area contributed by atoms with Crippen molar-refractivity contribution in [2.24, 2.45) is 0 Å². The summed E-state index contributed by atoms with van der Waals surface area (Å²) in [6.45, 7) is 9.80. The molecule has 5 nitrogen and oxygen atoms in total. The summed E-state index contributed by atoms with van der Waals surface area (Å²) >= 11 is 0. The Kier molecular flexibility index (Phi) is 5.00. The van der Waals surface area contributed by atoms with E-state index in [1.165, 1.54) is 0 Å². The Morgan fingerprint density at radius 1 is 1.06 bits per heavy atom. The van der Waals surface area contributed by atoms with Gasteiger partial charge in [0.2, 0.25) is 0 Å². The Labute approximate surface area is 181 Å². The lowest BCUT2D eigenvalue weighted by Gasteiger charge is -2.21. The van der Waals surface area contributed by atoms with Crippen LogP contribution in [0.5, 0.6) is 0 Å². The molecule has 0 amide bonds. The van der Waals surface area contributed by atoms with Crippen molar-refractivity contribution in [1.29, 1.82) is 0 Å². The van der Waals surface area contributed by atoms with Crippen LogP contribution in [0.25, 0.3) is 27.2 Å². The molecule has 0 aliphatic heterocycles. The average molecular weight is 418 g/mol. The van der Waals surface area contributed by atoms with E-state index in [0.717, 1.165) is 33.7 Å². The molecule has 1 N–H and O–H groups in total. The van der Waals surface area contributed by atoms with E-state index in [1.54, 1.807) is 12.1 Å². The SMILES string of the molecule is CCC(C)c1c2ccc(C(=O)O)cc2n2c(C(=O)OC(C)(C)C)cc3ccccc3c12. The zero-order chi connectivity index (χ0) is 22.5. The van der Waals surface area contributed by atoms with E-state index in [1.807, 2.05) is 61.6 Å². The van der Waals surface area contributed by atoms with Crippen LogP contribution in [0.2, 0.25) is 0 Å². The number of rotatable bonds is 4. The fourth-order valence-electron chi connectivity index (χ4n) is 4.20. The molecule has 0 saturated heterocycles. The number of carboxylic acids is 1. The molecule has 0 fully saturated rings. The van der Waals surface area contributed by atoms with Crippen LogP contribution < -0.4 is 0 Å². The number of fused-ring (bicyclic) bond motifs is 5. The summed E-state index contributed by atoms with van der Waals surface area (Å²) in [5.41, 5.74) is 2.69. The Morgan fingerprint density at radius 2 is 1.77 bits per heavy atom. The predicted molar refractivity (Wildman–Crippen MR) is 123 cm³/mol. The van der Waals surface area contributed by atoms with Gasteiger partial charge in [-0.1, -0.05) is 44.2 Å². The quantitative estimate of drug-likeness (QED) is 0.389. The highest BCUT2D eigenvalue weighted by molar-refractivity contribution is 6.10. The third kappa shape index (κ3) is 3.54. The molecule has 2 aromatic carbocycles. The summed E-state index contributed by atoms with van der Waals surface area (Å²) in [5, 5.41) is 12.5. The number of hydrogen-bond donors (Lipinski definition) is 1. The molecule has 0 radical (unpaired) electrons. The van der Waals surface area contributed by atoms with Gasteiger partial charge in [-0.3, -0.25) is 0 Å². The lowest BCUT2D eigenvalue weighted by molar-refractivity contribution is 0.00617. The van der Waals surface area contributed by atoms with E-state index in [0.29, 0.717) is 11.2 Å². The largest absolute Gasteiger partial charge is 0.478 e. The van der Waals surface area contributed by atoms with Crippen molar-refractivity contribution >= 4 is 39.1 Å². The van der Waals surface area contributed by atoms with Gasteiger partial charge in [-0.2, -0.15) is 0 Å². The molecule has 31 heavy (non-hydrogen) atoms. The fraction of sp³-hybridized carbons (Fsp3) is 0.308. The zero-order valence-corrected chi connectivity index (χ0v) is 18.5. The van der Waals surface area contributed by atoms with E-state index in [9.17, 15) is 14.7 Å². The Bertz CT molecular complexity index is 1340. The van der Waals surface area contributed by atoms with Crippen LogP contribution in [0, 0.1) is 0 Å². The van der Waals surface area contributed by atoms with Crippen molar-refractivity contribution in [2.45, 2.75) is 52.6 Å². The van der Waals surface area contributed by atoms with Gasteiger partial charge in [0.1, 0.15) is 11.3 Å². The molecule has 0 aliphatic carbocycles. The number of carboxylic acid groups (broad SMARTS) is 1. The lowest BCUT2D eigenvalue weighted by atomic mass is 9.94. The van der Waals surface area contributed by atoms with Gasteiger partial charge in [-0.25, -0.2) is 9.59 Å².